The van der Waals surface area contributed by atoms with E-state index in [1.54, 1.807) is 0 Å². The summed E-state index contributed by atoms with van der Waals surface area (Å²) >= 11 is 0. The largest absolute Gasteiger partial charge is 0.296 e. The molecule has 2 aliphatic carbocycles. The van der Waals surface area contributed by atoms with Crippen LogP contribution in [0.3, 0.4) is 0 Å². The third-order valence-corrected chi connectivity index (χ3v) is 6.08. The highest BCUT2D eigenvalue weighted by Gasteiger charge is 2.46. The maximum atomic E-state index is 9.50. The van der Waals surface area contributed by atoms with E-state index in [1.807, 2.05) is 0 Å². The Morgan fingerprint density at radius 3 is 2.37 bits per heavy atom. The molecule has 3 fully saturated rings. The maximum absolute atomic E-state index is 9.50. The first-order valence-electron chi connectivity index (χ1n) is 8.14. The van der Waals surface area contributed by atoms with Crippen LogP contribution in [0.1, 0.15) is 59.3 Å². The lowest BCUT2D eigenvalue weighted by atomic mass is 9.67. The van der Waals surface area contributed by atoms with Crippen LogP contribution in [0.15, 0.2) is 0 Å². The van der Waals surface area contributed by atoms with Gasteiger partial charge in [0.2, 0.25) is 0 Å². The molecule has 5 atom stereocenters. The van der Waals surface area contributed by atoms with Crippen molar-refractivity contribution in [2.75, 3.05) is 6.54 Å². The lowest BCUT2D eigenvalue weighted by Crippen LogP contribution is -2.49. The number of fused-ring (bicyclic) bond motifs is 2. The van der Waals surface area contributed by atoms with E-state index in [1.165, 1.54) is 38.6 Å². The summed E-state index contributed by atoms with van der Waals surface area (Å²) in [5, 5.41) is 9.50. The highest BCUT2D eigenvalue weighted by molar-refractivity contribution is 5.04. The average molecular weight is 260 g/mol. The first-order chi connectivity index (χ1) is 8.99. The van der Waals surface area contributed by atoms with E-state index in [-0.39, 0.29) is 5.92 Å². The van der Waals surface area contributed by atoms with Gasteiger partial charge in [-0.1, -0.05) is 20.8 Å². The van der Waals surface area contributed by atoms with Crippen molar-refractivity contribution < 1.29 is 0 Å². The molecule has 3 aliphatic rings. The number of nitriles is 1. The van der Waals surface area contributed by atoms with Crippen molar-refractivity contribution >= 4 is 0 Å². The van der Waals surface area contributed by atoms with Crippen LogP contribution in [0.4, 0.5) is 0 Å². The Hall–Kier alpha value is -0.550. The molecule has 1 aliphatic heterocycles. The van der Waals surface area contributed by atoms with Gasteiger partial charge in [0, 0.05) is 18.6 Å². The van der Waals surface area contributed by atoms with Crippen LogP contribution in [0.25, 0.3) is 0 Å². The molecule has 1 saturated heterocycles. The zero-order valence-corrected chi connectivity index (χ0v) is 12.7. The summed E-state index contributed by atoms with van der Waals surface area (Å²) in [7, 11) is 0. The number of hydrogen-bond acceptors (Lipinski definition) is 2. The van der Waals surface area contributed by atoms with Crippen LogP contribution in [0.5, 0.6) is 0 Å². The van der Waals surface area contributed by atoms with E-state index in [2.05, 4.69) is 31.7 Å². The fraction of sp³-hybridized carbons (Fsp3) is 0.941. The van der Waals surface area contributed by atoms with Crippen molar-refractivity contribution in [3.63, 3.8) is 0 Å². The van der Waals surface area contributed by atoms with E-state index in [0.29, 0.717) is 11.5 Å². The molecule has 1 heterocycles. The SMILES string of the molecule is CC(C)(C)C1CCC(C#N)C(N2CC3CCC2C3)C1. The molecule has 2 nitrogen and oxygen atoms in total. The van der Waals surface area contributed by atoms with Gasteiger partial charge in [-0.25, -0.2) is 0 Å². The van der Waals surface area contributed by atoms with Crippen LogP contribution in [0, 0.1) is 34.5 Å². The number of hydrogen-bond donors (Lipinski definition) is 0. The lowest BCUT2D eigenvalue weighted by molar-refractivity contribution is 0.0421. The summed E-state index contributed by atoms with van der Waals surface area (Å²) in [6.07, 6.45) is 7.87. The molecule has 0 amide bonds. The molecule has 106 valence electrons. The minimum absolute atomic E-state index is 0.290. The van der Waals surface area contributed by atoms with Crippen LogP contribution >= 0.6 is 0 Å². The quantitative estimate of drug-likeness (QED) is 0.716. The Balaban J connectivity index is 1.75. The summed E-state index contributed by atoms with van der Waals surface area (Å²) in [5.41, 5.74) is 0.400. The fourth-order valence-corrected chi connectivity index (χ4v) is 4.82. The molecule has 2 saturated carbocycles. The van der Waals surface area contributed by atoms with Gasteiger partial charge in [-0.05, 0) is 55.8 Å². The zero-order valence-electron chi connectivity index (χ0n) is 12.7. The van der Waals surface area contributed by atoms with Gasteiger partial charge in [0.25, 0.3) is 0 Å². The van der Waals surface area contributed by atoms with Crippen molar-refractivity contribution in [1.82, 2.24) is 4.90 Å². The zero-order chi connectivity index (χ0) is 13.6. The minimum atomic E-state index is 0.290. The van der Waals surface area contributed by atoms with Gasteiger partial charge in [-0.3, -0.25) is 4.90 Å². The molecule has 0 spiro atoms. The van der Waals surface area contributed by atoms with E-state index < -0.39 is 0 Å². The van der Waals surface area contributed by atoms with Gasteiger partial charge in [-0.2, -0.15) is 5.26 Å². The number of likely N-dealkylation sites (tertiary alicyclic amines) is 1. The minimum Gasteiger partial charge on any atom is -0.296 e. The van der Waals surface area contributed by atoms with Gasteiger partial charge in [0.05, 0.1) is 12.0 Å². The van der Waals surface area contributed by atoms with Crippen LogP contribution in [-0.4, -0.2) is 23.5 Å². The number of piperidine rings is 1. The molecule has 19 heavy (non-hydrogen) atoms. The Morgan fingerprint density at radius 2 is 1.84 bits per heavy atom. The molecule has 0 aromatic rings. The third-order valence-electron chi connectivity index (χ3n) is 6.08. The molecule has 0 aromatic carbocycles. The summed E-state index contributed by atoms with van der Waals surface area (Å²) < 4.78 is 0. The Morgan fingerprint density at radius 1 is 1.05 bits per heavy atom. The van der Waals surface area contributed by atoms with Gasteiger partial charge in [0.1, 0.15) is 0 Å². The molecule has 0 aromatic heterocycles. The second kappa shape index (κ2) is 4.77. The summed E-state index contributed by atoms with van der Waals surface area (Å²) in [4.78, 5) is 2.74. The molecular weight excluding hydrogens is 232 g/mol. The molecule has 0 N–H and O–H groups in total. The van der Waals surface area contributed by atoms with Crippen LogP contribution < -0.4 is 0 Å². The summed E-state index contributed by atoms with van der Waals surface area (Å²) in [6.45, 7) is 8.40. The normalized spacial score (nSPS) is 43.4. The third kappa shape index (κ3) is 2.42. The standard InChI is InChI=1S/C17H28N2/c1-17(2,3)14-6-5-13(10-18)16(9-14)19-11-12-4-7-15(19)8-12/h12-16H,4-9,11H2,1-3H3. The van der Waals surface area contributed by atoms with E-state index in [9.17, 15) is 5.26 Å². The Bertz CT molecular complexity index is 376. The molecule has 2 heteroatoms. The smallest absolute Gasteiger partial charge is 0.0672 e. The van der Waals surface area contributed by atoms with Crippen LogP contribution in [0.2, 0.25) is 0 Å². The van der Waals surface area contributed by atoms with Crippen molar-refractivity contribution in [3.8, 4) is 6.07 Å². The van der Waals surface area contributed by atoms with E-state index in [0.717, 1.165) is 24.3 Å². The Kier molecular flexibility index (Phi) is 3.38. The second-order valence-corrected chi connectivity index (χ2v) is 8.21. The fourth-order valence-electron chi connectivity index (χ4n) is 4.82. The van der Waals surface area contributed by atoms with Crippen LogP contribution in [-0.2, 0) is 0 Å². The maximum Gasteiger partial charge on any atom is 0.0672 e. The van der Waals surface area contributed by atoms with Gasteiger partial charge in [0.15, 0.2) is 0 Å². The van der Waals surface area contributed by atoms with Crippen molar-refractivity contribution in [1.29, 1.82) is 5.26 Å². The molecule has 5 unspecified atom stereocenters. The van der Waals surface area contributed by atoms with Crippen molar-refractivity contribution in [2.45, 2.75) is 71.4 Å². The van der Waals surface area contributed by atoms with Crippen molar-refractivity contribution in [3.05, 3.63) is 0 Å². The molecular formula is C17H28N2. The van der Waals surface area contributed by atoms with Gasteiger partial charge >= 0.3 is 0 Å². The average Bonchev–Trinajstić information content (AvgIpc) is 2.99. The Labute approximate surface area is 118 Å². The van der Waals surface area contributed by atoms with E-state index in [4.69, 9.17) is 0 Å². The summed E-state index contributed by atoms with van der Waals surface area (Å²) in [5.74, 6) is 2.03. The van der Waals surface area contributed by atoms with E-state index >= 15 is 0 Å². The molecule has 0 radical (unpaired) electrons. The number of nitrogens with zero attached hydrogens (tertiary/aromatic N) is 2. The predicted molar refractivity (Wildman–Crippen MR) is 77.5 cm³/mol. The van der Waals surface area contributed by atoms with Gasteiger partial charge in [-0.15, -0.1) is 0 Å². The first-order valence-corrected chi connectivity index (χ1v) is 8.14. The number of rotatable bonds is 1. The second-order valence-electron chi connectivity index (χ2n) is 8.21. The summed E-state index contributed by atoms with van der Waals surface area (Å²) in [6, 6.07) is 3.98. The lowest BCUT2D eigenvalue weighted by Gasteiger charge is -2.45. The molecule has 3 rings (SSSR count). The monoisotopic (exact) mass is 260 g/mol. The molecule has 2 bridgehead atoms. The highest BCUT2D eigenvalue weighted by atomic mass is 15.2. The predicted octanol–water partition coefficient (Wildman–Crippen LogP) is 3.83. The van der Waals surface area contributed by atoms with Gasteiger partial charge < -0.3 is 0 Å². The van der Waals surface area contributed by atoms with Crippen molar-refractivity contribution in [2.24, 2.45) is 23.2 Å². The topological polar surface area (TPSA) is 27.0 Å². The highest BCUT2D eigenvalue weighted by Crippen LogP contribution is 2.46. The first kappa shape index (κ1) is 13.4.